The summed E-state index contributed by atoms with van der Waals surface area (Å²) < 4.78 is 5.06. The van der Waals surface area contributed by atoms with Gasteiger partial charge < -0.3 is 14.5 Å². The van der Waals surface area contributed by atoms with Crippen LogP contribution in [0.15, 0.2) is 30.3 Å². The molecule has 26 heavy (non-hydrogen) atoms. The third-order valence-corrected chi connectivity index (χ3v) is 4.59. The van der Waals surface area contributed by atoms with Crippen LogP contribution in [0.2, 0.25) is 0 Å². The first kappa shape index (κ1) is 19.9. The summed E-state index contributed by atoms with van der Waals surface area (Å²) in [5, 5.41) is 0. The molecule has 1 saturated heterocycles. The summed E-state index contributed by atoms with van der Waals surface area (Å²) in [6.45, 7) is 7.01. The predicted octanol–water partition coefficient (Wildman–Crippen LogP) is 2.23. The van der Waals surface area contributed by atoms with E-state index in [1.54, 1.807) is 11.8 Å². The van der Waals surface area contributed by atoms with E-state index in [4.69, 9.17) is 4.74 Å². The molecule has 1 atom stereocenters. The first-order chi connectivity index (χ1) is 12.4. The lowest BCUT2D eigenvalue weighted by Crippen LogP contribution is -2.51. The molecule has 0 radical (unpaired) electrons. The van der Waals surface area contributed by atoms with E-state index < -0.39 is 11.8 Å². The zero-order valence-corrected chi connectivity index (χ0v) is 15.8. The summed E-state index contributed by atoms with van der Waals surface area (Å²) in [6.07, 6.45) is 1.39. The van der Waals surface area contributed by atoms with Gasteiger partial charge in [0.25, 0.3) is 0 Å². The number of nitrogens with zero attached hydrogens (tertiary/aromatic N) is 2. The zero-order valence-electron chi connectivity index (χ0n) is 15.8. The zero-order chi connectivity index (χ0) is 19.1. The summed E-state index contributed by atoms with van der Waals surface area (Å²) in [4.78, 5) is 40.6. The molecule has 1 unspecified atom stereocenters. The van der Waals surface area contributed by atoms with Gasteiger partial charge in [0.15, 0.2) is 0 Å². The first-order valence-electron chi connectivity index (χ1n) is 9.24. The van der Waals surface area contributed by atoms with E-state index in [2.05, 4.69) is 0 Å². The van der Waals surface area contributed by atoms with Crippen LogP contribution in [0, 0.1) is 5.92 Å². The number of rotatable bonds is 5. The summed E-state index contributed by atoms with van der Waals surface area (Å²) in [7, 11) is 0. The topological polar surface area (TPSA) is 66.9 Å². The van der Waals surface area contributed by atoms with E-state index in [1.807, 2.05) is 44.2 Å². The number of carbonyl (C=O) groups excluding carboxylic acids is 3. The van der Waals surface area contributed by atoms with Crippen molar-refractivity contribution in [1.82, 2.24) is 9.80 Å². The molecular weight excluding hydrogens is 332 g/mol. The quantitative estimate of drug-likeness (QED) is 0.596. The minimum Gasteiger partial charge on any atom is -0.466 e. The van der Waals surface area contributed by atoms with Gasteiger partial charge in [-0.3, -0.25) is 14.4 Å². The van der Waals surface area contributed by atoms with Gasteiger partial charge in [-0.1, -0.05) is 30.3 Å². The fourth-order valence-corrected chi connectivity index (χ4v) is 3.14. The highest BCUT2D eigenvalue weighted by molar-refractivity contribution is 6.35. The molecule has 0 aromatic heterocycles. The lowest BCUT2D eigenvalue weighted by molar-refractivity contribution is -0.157. The van der Waals surface area contributed by atoms with Crippen LogP contribution in [0.4, 0.5) is 0 Å². The molecular formula is C20H28N2O4. The number of amides is 2. The normalized spacial score (nSPS) is 17.1. The first-order valence-corrected chi connectivity index (χ1v) is 9.24. The van der Waals surface area contributed by atoms with E-state index in [0.717, 1.165) is 5.56 Å². The van der Waals surface area contributed by atoms with Crippen molar-refractivity contribution in [3.8, 4) is 0 Å². The molecule has 0 bridgehead atoms. The second kappa shape index (κ2) is 9.36. The minimum atomic E-state index is -0.538. The number of ether oxygens (including phenoxy) is 1. The molecule has 0 saturated carbocycles. The number of benzene rings is 1. The Kier molecular flexibility index (Phi) is 7.18. The van der Waals surface area contributed by atoms with Crippen LogP contribution in [0.1, 0.15) is 39.2 Å². The minimum absolute atomic E-state index is 0.0997. The van der Waals surface area contributed by atoms with Gasteiger partial charge in [-0.15, -0.1) is 0 Å². The number of hydrogen-bond donors (Lipinski definition) is 0. The van der Waals surface area contributed by atoms with Gasteiger partial charge in [-0.25, -0.2) is 0 Å². The molecule has 6 nitrogen and oxygen atoms in total. The van der Waals surface area contributed by atoms with E-state index in [-0.39, 0.29) is 24.5 Å². The molecule has 1 aliphatic heterocycles. The molecule has 1 aromatic carbocycles. The average Bonchev–Trinajstić information content (AvgIpc) is 2.66. The van der Waals surface area contributed by atoms with Crippen LogP contribution in [-0.2, 0) is 25.7 Å². The molecule has 6 heteroatoms. The Morgan fingerprint density at radius 3 is 2.54 bits per heavy atom. The van der Waals surface area contributed by atoms with Gasteiger partial charge in [0.05, 0.1) is 12.5 Å². The highest BCUT2D eigenvalue weighted by Gasteiger charge is 2.34. The second-order valence-corrected chi connectivity index (χ2v) is 6.85. The Morgan fingerprint density at radius 2 is 1.92 bits per heavy atom. The molecule has 0 N–H and O–H groups in total. The van der Waals surface area contributed by atoms with Gasteiger partial charge in [-0.2, -0.15) is 0 Å². The molecule has 1 aromatic rings. The van der Waals surface area contributed by atoms with Gasteiger partial charge in [0.1, 0.15) is 0 Å². The number of piperidine rings is 1. The van der Waals surface area contributed by atoms with Gasteiger partial charge in [0, 0.05) is 25.7 Å². The molecule has 1 fully saturated rings. The van der Waals surface area contributed by atoms with Crippen molar-refractivity contribution in [2.24, 2.45) is 5.92 Å². The van der Waals surface area contributed by atoms with Gasteiger partial charge >= 0.3 is 17.8 Å². The summed E-state index contributed by atoms with van der Waals surface area (Å²) in [5.41, 5.74) is 0.977. The van der Waals surface area contributed by atoms with E-state index >= 15 is 0 Å². The lowest BCUT2D eigenvalue weighted by Gasteiger charge is -2.33. The fraction of sp³-hybridized carbons (Fsp3) is 0.550. The van der Waals surface area contributed by atoms with Crippen molar-refractivity contribution < 1.29 is 19.1 Å². The SMILES string of the molecule is CCOC(=O)C1CCCN(C(=O)C(=O)N(Cc2ccccc2)C(C)C)C1. The van der Waals surface area contributed by atoms with Crippen LogP contribution in [-0.4, -0.2) is 53.3 Å². The van der Waals surface area contributed by atoms with E-state index in [0.29, 0.717) is 32.5 Å². The number of carbonyl (C=O) groups is 3. The monoisotopic (exact) mass is 360 g/mol. The van der Waals surface area contributed by atoms with Crippen LogP contribution in [0.3, 0.4) is 0 Å². The van der Waals surface area contributed by atoms with Crippen molar-refractivity contribution in [3.05, 3.63) is 35.9 Å². The van der Waals surface area contributed by atoms with Crippen LogP contribution >= 0.6 is 0 Å². The van der Waals surface area contributed by atoms with E-state index in [1.165, 1.54) is 4.90 Å². The Bertz CT molecular complexity index is 630. The summed E-state index contributed by atoms with van der Waals surface area (Å²) >= 11 is 0. The Balaban J connectivity index is 2.05. The number of hydrogen-bond acceptors (Lipinski definition) is 4. The van der Waals surface area contributed by atoms with Crippen molar-refractivity contribution in [2.45, 2.75) is 46.2 Å². The van der Waals surface area contributed by atoms with Crippen LogP contribution in [0.25, 0.3) is 0 Å². The maximum Gasteiger partial charge on any atom is 0.312 e. The number of esters is 1. The molecule has 2 amide bonds. The maximum absolute atomic E-state index is 12.8. The largest absolute Gasteiger partial charge is 0.466 e. The lowest BCUT2D eigenvalue weighted by atomic mass is 9.98. The van der Waals surface area contributed by atoms with Gasteiger partial charge in [0.2, 0.25) is 0 Å². The Labute approximate surface area is 155 Å². The Hall–Kier alpha value is -2.37. The molecule has 1 aliphatic rings. The highest BCUT2D eigenvalue weighted by Crippen LogP contribution is 2.19. The molecule has 1 heterocycles. The maximum atomic E-state index is 12.8. The highest BCUT2D eigenvalue weighted by atomic mass is 16.5. The third-order valence-electron chi connectivity index (χ3n) is 4.59. The standard InChI is InChI=1S/C20H28N2O4/c1-4-26-20(25)17-11-8-12-21(14-17)18(23)19(24)22(15(2)3)13-16-9-6-5-7-10-16/h5-7,9-10,15,17H,4,8,11-14H2,1-3H3. The molecule has 2 rings (SSSR count). The van der Waals surface area contributed by atoms with Gasteiger partial charge in [-0.05, 0) is 39.2 Å². The summed E-state index contributed by atoms with van der Waals surface area (Å²) in [5.74, 6) is -1.69. The molecule has 0 aliphatic carbocycles. The summed E-state index contributed by atoms with van der Waals surface area (Å²) in [6, 6.07) is 9.51. The van der Waals surface area contributed by atoms with Crippen molar-refractivity contribution >= 4 is 17.8 Å². The predicted molar refractivity (Wildman–Crippen MR) is 98.1 cm³/mol. The van der Waals surface area contributed by atoms with Crippen molar-refractivity contribution in [2.75, 3.05) is 19.7 Å². The van der Waals surface area contributed by atoms with Crippen molar-refractivity contribution in [1.29, 1.82) is 0 Å². The fourth-order valence-electron chi connectivity index (χ4n) is 3.14. The number of likely N-dealkylation sites (tertiary alicyclic amines) is 1. The molecule has 0 spiro atoms. The van der Waals surface area contributed by atoms with Crippen LogP contribution < -0.4 is 0 Å². The second-order valence-electron chi connectivity index (χ2n) is 6.85. The van der Waals surface area contributed by atoms with E-state index in [9.17, 15) is 14.4 Å². The van der Waals surface area contributed by atoms with Crippen molar-refractivity contribution in [3.63, 3.8) is 0 Å². The average molecular weight is 360 g/mol. The molecule has 142 valence electrons. The van der Waals surface area contributed by atoms with Crippen LogP contribution in [0.5, 0.6) is 0 Å². The third kappa shape index (κ3) is 5.07. The smallest absolute Gasteiger partial charge is 0.312 e. The Morgan fingerprint density at radius 1 is 1.23 bits per heavy atom.